The summed E-state index contributed by atoms with van der Waals surface area (Å²) in [6.45, 7) is 2.89. The van der Waals surface area contributed by atoms with Crippen LogP contribution >= 0.6 is 0 Å². The van der Waals surface area contributed by atoms with Gasteiger partial charge < -0.3 is 18.9 Å². The molecule has 2 heterocycles. The van der Waals surface area contributed by atoms with E-state index in [0.717, 1.165) is 5.69 Å². The maximum absolute atomic E-state index is 12.9. The molecule has 0 N–H and O–H groups in total. The Balaban J connectivity index is 1.65. The second kappa shape index (κ2) is 8.29. The molecule has 0 atom stereocenters. The Kier molecular flexibility index (Phi) is 5.82. The van der Waals surface area contributed by atoms with Crippen molar-refractivity contribution in [2.45, 2.75) is 25.9 Å². The largest absolute Gasteiger partial charge is 0.490 e. The Labute approximate surface area is 163 Å². The highest BCUT2D eigenvalue weighted by atomic mass is 16.5. The second-order valence-corrected chi connectivity index (χ2v) is 6.88. The molecule has 2 aromatic rings. The van der Waals surface area contributed by atoms with Crippen molar-refractivity contribution < 1.29 is 19.1 Å². The summed E-state index contributed by atoms with van der Waals surface area (Å²) in [5.74, 6) is -0.159. The van der Waals surface area contributed by atoms with Gasteiger partial charge in [-0.1, -0.05) is 12.1 Å². The number of benzene rings is 1. The first-order valence-corrected chi connectivity index (χ1v) is 9.21. The van der Waals surface area contributed by atoms with Crippen LogP contribution in [0.1, 0.15) is 39.3 Å². The summed E-state index contributed by atoms with van der Waals surface area (Å²) in [4.78, 5) is 38.4. The number of amides is 1. The van der Waals surface area contributed by atoms with Gasteiger partial charge in [-0.2, -0.15) is 0 Å². The predicted octanol–water partition coefficient (Wildman–Crippen LogP) is 2.16. The molecule has 1 aliphatic rings. The van der Waals surface area contributed by atoms with Crippen LogP contribution in [0.2, 0.25) is 0 Å². The fraction of sp³-hybridized carbons (Fsp3) is 0.381. The van der Waals surface area contributed by atoms with Gasteiger partial charge in [0, 0.05) is 44.7 Å². The molecule has 1 amide bonds. The molecule has 1 aromatic carbocycles. The molecule has 0 spiro atoms. The zero-order valence-electron chi connectivity index (χ0n) is 16.3. The number of hydrogen-bond donors (Lipinski definition) is 0. The molecule has 0 radical (unpaired) electrons. The molecule has 3 rings (SSSR count). The van der Waals surface area contributed by atoms with Crippen molar-refractivity contribution >= 4 is 11.9 Å². The average Bonchev–Trinajstić information content (AvgIpc) is 2.71. The summed E-state index contributed by atoms with van der Waals surface area (Å²) >= 11 is 0. The Bertz CT molecular complexity index is 942. The number of rotatable bonds is 4. The van der Waals surface area contributed by atoms with E-state index in [1.165, 1.54) is 13.2 Å². The van der Waals surface area contributed by atoms with Crippen LogP contribution in [0, 0.1) is 6.92 Å². The summed E-state index contributed by atoms with van der Waals surface area (Å²) < 4.78 is 12.3. The summed E-state index contributed by atoms with van der Waals surface area (Å²) in [6, 6.07) is 9.98. The Morgan fingerprint density at radius 3 is 2.32 bits per heavy atom. The normalized spacial score (nSPS) is 14.6. The van der Waals surface area contributed by atoms with Crippen LogP contribution in [-0.2, 0) is 11.8 Å². The second-order valence-electron chi connectivity index (χ2n) is 6.88. The van der Waals surface area contributed by atoms with Gasteiger partial charge in [0.25, 0.3) is 11.5 Å². The van der Waals surface area contributed by atoms with Crippen LogP contribution in [0.15, 0.2) is 41.2 Å². The van der Waals surface area contributed by atoms with Gasteiger partial charge in [-0.25, -0.2) is 4.79 Å². The first-order chi connectivity index (χ1) is 13.4. The number of aryl methyl sites for hydroxylation is 1. The molecule has 0 bridgehead atoms. The van der Waals surface area contributed by atoms with Gasteiger partial charge in [-0.3, -0.25) is 9.59 Å². The number of pyridine rings is 1. The summed E-state index contributed by atoms with van der Waals surface area (Å²) in [7, 11) is 3.02. The number of nitrogens with zero attached hydrogens (tertiary/aromatic N) is 2. The van der Waals surface area contributed by atoms with Crippen LogP contribution in [0.5, 0.6) is 5.75 Å². The van der Waals surface area contributed by atoms with Crippen molar-refractivity contribution in [3.63, 3.8) is 0 Å². The van der Waals surface area contributed by atoms with E-state index in [0.29, 0.717) is 37.2 Å². The minimum Gasteiger partial charge on any atom is -0.490 e. The van der Waals surface area contributed by atoms with Gasteiger partial charge in [0.1, 0.15) is 11.9 Å². The van der Waals surface area contributed by atoms with Gasteiger partial charge in [0.05, 0.1) is 18.2 Å². The van der Waals surface area contributed by atoms with Crippen LogP contribution in [0.3, 0.4) is 0 Å². The lowest BCUT2D eigenvalue weighted by molar-refractivity contribution is 0.0556. The number of piperidine rings is 1. The number of carbonyl (C=O) groups is 2. The first-order valence-electron chi connectivity index (χ1n) is 9.21. The zero-order valence-corrected chi connectivity index (χ0v) is 16.3. The zero-order chi connectivity index (χ0) is 20.3. The van der Waals surface area contributed by atoms with E-state index in [1.54, 1.807) is 40.8 Å². The number of likely N-dealkylation sites (tertiary alicyclic amines) is 1. The van der Waals surface area contributed by atoms with Crippen molar-refractivity contribution in [2.24, 2.45) is 7.05 Å². The quantitative estimate of drug-likeness (QED) is 0.755. The third-order valence-corrected chi connectivity index (χ3v) is 5.07. The fourth-order valence-corrected chi connectivity index (χ4v) is 3.30. The molecular weight excluding hydrogens is 360 g/mol. The van der Waals surface area contributed by atoms with E-state index >= 15 is 0 Å². The molecule has 1 saturated heterocycles. The van der Waals surface area contributed by atoms with Gasteiger partial charge >= 0.3 is 5.97 Å². The number of aromatic nitrogens is 1. The third-order valence-electron chi connectivity index (χ3n) is 5.07. The number of carbonyl (C=O) groups excluding carboxylic acids is 2. The molecule has 7 nitrogen and oxygen atoms in total. The average molecular weight is 384 g/mol. The lowest BCUT2D eigenvalue weighted by atomic mass is 10.0. The standard InChI is InChI=1S/C21H24N2O5/c1-14-12-16(13-19(24)22(14)2)28-15-8-10-23(11-9-15)20(25)17-6-4-5-7-18(17)21(26)27-3/h4-7,12-13,15H,8-11H2,1-3H3. The summed E-state index contributed by atoms with van der Waals surface area (Å²) in [6.07, 6.45) is 1.24. The van der Waals surface area contributed by atoms with E-state index in [2.05, 4.69) is 0 Å². The van der Waals surface area contributed by atoms with E-state index in [4.69, 9.17) is 9.47 Å². The summed E-state index contributed by atoms with van der Waals surface area (Å²) in [5.41, 5.74) is 1.33. The van der Waals surface area contributed by atoms with E-state index in [1.807, 2.05) is 13.0 Å². The van der Waals surface area contributed by atoms with Crippen molar-refractivity contribution in [1.82, 2.24) is 9.47 Å². The smallest absolute Gasteiger partial charge is 0.338 e. The Morgan fingerprint density at radius 2 is 1.71 bits per heavy atom. The topological polar surface area (TPSA) is 77.8 Å². The van der Waals surface area contributed by atoms with E-state index in [-0.39, 0.29) is 23.1 Å². The SMILES string of the molecule is COC(=O)c1ccccc1C(=O)N1CCC(Oc2cc(C)n(C)c(=O)c2)CC1. The van der Waals surface area contributed by atoms with Crippen molar-refractivity contribution in [3.8, 4) is 5.75 Å². The van der Waals surface area contributed by atoms with Crippen LogP contribution in [0.25, 0.3) is 0 Å². The van der Waals surface area contributed by atoms with Crippen LogP contribution in [0.4, 0.5) is 0 Å². The molecule has 1 aliphatic heterocycles. The van der Waals surface area contributed by atoms with Gasteiger partial charge in [0.15, 0.2) is 0 Å². The molecule has 1 aromatic heterocycles. The molecular formula is C21H24N2O5. The van der Waals surface area contributed by atoms with Crippen LogP contribution < -0.4 is 10.3 Å². The molecule has 0 unspecified atom stereocenters. The van der Waals surface area contributed by atoms with Gasteiger partial charge in [-0.05, 0) is 25.1 Å². The highest BCUT2D eigenvalue weighted by Crippen LogP contribution is 2.21. The Hall–Kier alpha value is -3.09. The van der Waals surface area contributed by atoms with E-state index < -0.39 is 5.97 Å². The Morgan fingerprint density at radius 1 is 1.07 bits per heavy atom. The minimum absolute atomic E-state index is 0.0635. The highest BCUT2D eigenvalue weighted by molar-refractivity contribution is 6.05. The molecule has 7 heteroatoms. The fourth-order valence-electron chi connectivity index (χ4n) is 3.30. The van der Waals surface area contributed by atoms with Crippen LogP contribution in [-0.4, -0.2) is 47.6 Å². The number of methoxy groups -OCH3 is 1. The van der Waals surface area contributed by atoms with E-state index in [9.17, 15) is 14.4 Å². The predicted molar refractivity (Wildman–Crippen MR) is 104 cm³/mol. The number of hydrogen-bond acceptors (Lipinski definition) is 5. The molecule has 148 valence electrons. The number of ether oxygens (including phenoxy) is 2. The molecule has 0 saturated carbocycles. The van der Waals surface area contributed by atoms with Crippen molar-refractivity contribution in [2.75, 3.05) is 20.2 Å². The monoisotopic (exact) mass is 384 g/mol. The maximum atomic E-state index is 12.9. The summed E-state index contributed by atoms with van der Waals surface area (Å²) in [5, 5.41) is 0. The van der Waals surface area contributed by atoms with Gasteiger partial charge in [0.2, 0.25) is 0 Å². The highest BCUT2D eigenvalue weighted by Gasteiger charge is 2.27. The lowest BCUT2D eigenvalue weighted by Crippen LogP contribution is -2.42. The van der Waals surface area contributed by atoms with Crippen molar-refractivity contribution in [1.29, 1.82) is 0 Å². The van der Waals surface area contributed by atoms with Crippen molar-refractivity contribution in [3.05, 3.63) is 63.6 Å². The minimum atomic E-state index is -0.525. The lowest BCUT2D eigenvalue weighted by Gasteiger charge is -2.32. The number of esters is 1. The maximum Gasteiger partial charge on any atom is 0.338 e. The molecule has 1 fully saturated rings. The van der Waals surface area contributed by atoms with Gasteiger partial charge in [-0.15, -0.1) is 0 Å². The molecule has 28 heavy (non-hydrogen) atoms. The first kappa shape index (κ1) is 19.7. The molecule has 0 aliphatic carbocycles. The third kappa shape index (κ3) is 4.08.